The maximum atomic E-state index is 12.7. The molecule has 2 aromatic rings. The highest BCUT2D eigenvalue weighted by Crippen LogP contribution is 2.31. The molecule has 2 aliphatic rings. The lowest BCUT2D eigenvalue weighted by Gasteiger charge is -2.30. The summed E-state index contributed by atoms with van der Waals surface area (Å²) in [5.41, 5.74) is 3.14. The molecule has 0 aliphatic carbocycles. The summed E-state index contributed by atoms with van der Waals surface area (Å²) in [6, 6.07) is 14.0. The van der Waals surface area contributed by atoms with Gasteiger partial charge in [-0.25, -0.2) is 0 Å². The molecule has 0 bridgehead atoms. The average Bonchev–Trinajstić information content (AvgIpc) is 2.74. The molecule has 5 nitrogen and oxygen atoms in total. The Kier molecular flexibility index (Phi) is 6.05. The van der Waals surface area contributed by atoms with Crippen LogP contribution < -0.4 is 14.8 Å². The Morgan fingerprint density at radius 2 is 2.07 bits per heavy atom. The largest absolute Gasteiger partial charge is 0.497 e. The van der Waals surface area contributed by atoms with Crippen molar-refractivity contribution in [2.45, 2.75) is 32.7 Å². The van der Waals surface area contributed by atoms with Gasteiger partial charge in [0.2, 0.25) is 5.91 Å². The van der Waals surface area contributed by atoms with Gasteiger partial charge in [-0.05, 0) is 73.2 Å². The fourth-order valence-corrected chi connectivity index (χ4v) is 4.29. The number of benzene rings is 2. The van der Waals surface area contributed by atoms with Crippen molar-refractivity contribution in [2.75, 3.05) is 32.1 Å². The molecule has 2 aromatic carbocycles. The number of nitrogens with zero attached hydrogens (tertiary/aromatic N) is 1. The minimum atomic E-state index is -0.205. The van der Waals surface area contributed by atoms with Crippen LogP contribution in [0.3, 0.4) is 0 Å². The first kappa shape index (κ1) is 19.8. The van der Waals surface area contributed by atoms with E-state index in [1.807, 2.05) is 30.3 Å². The first-order valence-electron chi connectivity index (χ1n) is 10.5. The second-order valence-electron chi connectivity index (χ2n) is 8.35. The van der Waals surface area contributed by atoms with Crippen LogP contribution in [-0.2, 0) is 17.8 Å². The Labute approximate surface area is 173 Å². The molecule has 0 aromatic heterocycles. The van der Waals surface area contributed by atoms with Gasteiger partial charge in [-0.3, -0.25) is 9.69 Å². The summed E-state index contributed by atoms with van der Waals surface area (Å²) >= 11 is 0. The van der Waals surface area contributed by atoms with Crippen molar-refractivity contribution in [1.29, 1.82) is 0 Å². The monoisotopic (exact) mass is 394 g/mol. The van der Waals surface area contributed by atoms with Crippen molar-refractivity contribution >= 4 is 11.6 Å². The molecule has 0 saturated carbocycles. The van der Waals surface area contributed by atoms with Gasteiger partial charge in [0, 0.05) is 18.8 Å². The normalized spacial score (nSPS) is 21.7. The zero-order chi connectivity index (χ0) is 20.2. The van der Waals surface area contributed by atoms with E-state index >= 15 is 0 Å². The molecule has 1 saturated heterocycles. The third-order valence-electron chi connectivity index (χ3n) is 5.91. The highest BCUT2D eigenvalue weighted by atomic mass is 16.5. The second kappa shape index (κ2) is 8.87. The van der Waals surface area contributed by atoms with Gasteiger partial charge >= 0.3 is 0 Å². The SMILES string of the molecule is COc1ccc2c(c1)CC(C(=O)Nc1ccc(CN3CCCC(C)C3)cc1)CO2. The Hall–Kier alpha value is -2.53. The van der Waals surface area contributed by atoms with Crippen LogP contribution in [0.25, 0.3) is 0 Å². The number of nitrogens with one attached hydrogen (secondary N) is 1. The molecule has 5 heteroatoms. The minimum absolute atomic E-state index is 0.00363. The van der Waals surface area contributed by atoms with Crippen LogP contribution in [-0.4, -0.2) is 37.6 Å². The highest BCUT2D eigenvalue weighted by Gasteiger charge is 2.26. The first-order valence-corrected chi connectivity index (χ1v) is 10.5. The van der Waals surface area contributed by atoms with Crippen LogP contribution in [0.4, 0.5) is 5.69 Å². The summed E-state index contributed by atoms with van der Waals surface area (Å²) in [6.45, 7) is 6.06. The van der Waals surface area contributed by atoms with E-state index in [9.17, 15) is 4.79 Å². The van der Waals surface area contributed by atoms with Crippen LogP contribution >= 0.6 is 0 Å². The number of hydrogen-bond acceptors (Lipinski definition) is 4. The molecule has 29 heavy (non-hydrogen) atoms. The minimum Gasteiger partial charge on any atom is -0.497 e. The summed E-state index contributed by atoms with van der Waals surface area (Å²) in [7, 11) is 1.64. The molecule has 1 amide bonds. The first-order chi connectivity index (χ1) is 14.1. The van der Waals surface area contributed by atoms with Gasteiger partial charge in [-0.15, -0.1) is 0 Å². The smallest absolute Gasteiger partial charge is 0.231 e. The average molecular weight is 395 g/mol. The van der Waals surface area contributed by atoms with Crippen LogP contribution in [0, 0.1) is 11.8 Å². The van der Waals surface area contributed by atoms with Gasteiger partial charge in [-0.1, -0.05) is 19.1 Å². The number of fused-ring (bicyclic) bond motifs is 1. The van der Waals surface area contributed by atoms with Crippen molar-refractivity contribution in [2.24, 2.45) is 11.8 Å². The molecular weight excluding hydrogens is 364 g/mol. The van der Waals surface area contributed by atoms with E-state index < -0.39 is 0 Å². The van der Waals surface area contributed by atoms with Crippen molar-refractivity contribution in [3.8, 4) is 11.5 Å². The van der Waals surface area contributed by atoms with Crippen LogP contribution in [0.5, 0.6) is 11.5 Å². The van der Waals surface area contributed by atoms with Crippen molar-refractivity contribution in [3.63, 3.8) is 0 Å². The zero-order valence-electron chi connectivity index (χ0n) is 17.3. The van der Waals surface area contributed by atoms with E-state index in [4.69, 9.17) is 9.47 Å². The standard InChI is InChI=1S/C24H30N2O3/c1-17-4-3-11-26(14-17)15-18-5-7-21(8-6-18)25-24(27)20-12-19-13-22(28-2)9-10-23(19)29-16-20/h5-10,13,17,20H,3-4,11-12,14-16H2,1-2H3,(H,25,27). The van der Waals surface area contributed by atoms with Crippen molar-refractivity contribution < 1.29 is 14.3 Å². The van der Waals surface area contributed by atoms with E-state index in [0.29, 0.717) is 13.0 Å². The molecular formula is C24H30N2O3. The lowest BCUT2D eigenvalue weighted by Crippen LogP contribution is -2.33. The van der Waals surface area contributed by atoms with Crippen molar-refractivity contribution in [3.05, 3.63) is 53.6 Å². The Bertz CT molecular complexity index is 850. The van der Waals surface area contributed by atoms with Gasteiger partial charge in [0.25, 0.3) is 0 Å². The maximum absolute atomic E-state index is 12.7. The molecule has 0 radical (unpaired) electrons. The van der Waals surface area contributed by atoms with Gasteiger partial charge in [0.1, 0.15) is 18.1 Å². The zero-order valence-corrected chi connectivity index (χ0v) is 17.3. The number of hydrogen-bond donors (Lipinski definition) is 1. The highest BCUT2D eigenvalue weighted by molar-refractivity contribution is 5.93. The topological polar surface area (TPSA) is 50.8 Å². The molecule has 2 aliphatic heterocycles. The van der Waals surface area contributed by atoms with Gasteiger partial charge in [0.05, 0.1) is 13.0 Å². The predicted octanol–water partition coefficient (Wildman–Crippen LogP) is 4.12. The predicted molar refractivity (Wildman–Crippen MR) is 114 cm³/mol. The molecule has 4 rings (SSSR count). The summed E-state index contributed by atoms with van der Waals surface area (Å²) in [5.74, 6) is 2.20. The second-order valence-corrected chi connectivity index (χ2v) is 8.35. The van der Waals surface area contributed by atoms with Gasteiger partial charge in [0.15, 0.2) is 0 Å². The number of rotatable bonds is 5. The number of piperidine rings is 1. The maximum Gasteiger partial charge on any atom is 0.231 e. The van der Waals surface area contributed by atoms with Crippen LogP contribution in [0.15, 0.2) is 42.5 Å². The van der Waals surface area contributed by atoms with E-state index in [1.165, 1.54) is 31.5 Å². The lowest BCUT2D eigenvalue weighted by molar-refractivity contribution is -0.121. The van der Waals surface area contributed by atoms with E-state index in [1.54, 1.807) is 7.11 Å². The summed E-state index contributed by atoms with van der Waals surface area (Å²) < 4.78 is 11.1. The Morgan fingerprint density at radius 3 is 2.83 bits per heavy atom. The number of carbonyl (C=O) groups excluding carboxylic acids is 1. The van der Waals surface area contributed by atoms with E-state index in [-0.39, 0.29) is 11.8 Å². The Balaban J connectivity index is 1.33. The van der Waals surface area contributed by atoms with Gasteiger partial charge in [-0.2, -0.15) is 0 Å². The molecule has 2 atom stereocenters. The third-order valence-corrected chi connectivity index (χ3v) is 5.91. The van der Waals surface area contributed by atoms with Crippen LogP contribution in [0.2, 0.25) is 0 Å². The molecule has 2 heterocycles. The summed E-state index contributed by atoms with van der Waals surface area (Å²) in [5, 5.41) is 3.05. The number of anilines is 1. The van der Waals surface area contributed by atoms with E-state index in [0.717, 1.165) is 35.2 Å². The number of amides is 1. The number of ether oxygens (including phenoxy) is 2. The molecule has 154 valence electrons. The Morgan fingerprint density at radius 1 is 1.24 bits per heavy atom. The fraction of sp³-hybridized carbons (Fsp3) is 0.458. The number of methoxy groups -OCH3 is 1. The fourth-order valence-electron chi connectivity index (χ4n) is 4.29. The van der Waals surface area contributed by atoms with Crippen LogP contribution in [0.1, 0.15) is 30.9 Å². The quantitative estimate of drug-likeness (QED) is 0.829. The lowest BCUT2D eigenvalue weighted by atomic mass is 9.95. The number of likely N-dealkylation sites (tertiary alicyclic amines) is 1. The molecule has 0 spiro atoms. The number of carbonyl (C=O) groups is 1. The molecule has 1 N–H and O–H groups in total. The molecule has 1 fully saturated rings. The molecule has 2 unspecified atom stereocenters. The van der Waals surface area contributed by atoms with E-state index in [2.05, 4.69) is 29.3 Å². The third kappa shape index (κ3) is 4.91. The summed E-state index contributed by atoms with van der Waals surface area (Å²) in [4.78, 5) is 15.3. The van der Waals surface area contributed by atoms with Gasteiger partial charge < -0.3 is 14.8 Å². The summed E-state index contributed by atoms with van der Waals surface area (Å²) in [6.07, 6.45) is 3.28. The van der Waals surface area contributed by atoms with Crippen molar-refractivity contribution in [1.82, 2.24) is 4.90 Å².